The van der Waals surface area contributed by atoms with Gasteiger partial charge in [0.25, 0.3) is 0 Å². The average molecular weight is 301 g/mol. The number of pyridine rings is 1. The number of benzene rings is 1. The second kappa shape index (κ2) is 6.37. The van der Waals surface area contributed by atoms with E-state index >= 15 is 0 Å². The monoisotopic (exact) mass is 300 g/mol. The minimum Gasteiger partial charge on any atom is -0.314 e. The number of aromatic nitrogens is 1. The second-order valence-corrected chi connectivity index (χ2v) is 5.82. The van der Waals surface area contributed by atoms with Crippen LogP contribution in [0.1, 0.15) is 27.9 Å². The molecule has 1 fully saturated rings. The van der Waals surface area contributed by atoms with Crippen LogP contribution in [-0.2, 0) is 12.8 Å². The maximum absolute atomic E-state index is 12.2. The maximum Gasteiger partial charge on any atom is 0.168 e. The van der Waals surface area contributed by atoms with Crippen LogP contribution in [0.5, 0.6) is 0 Å². The van der Waals surface area contributed by atoms with Crippen molar-refractivity contribution in [3.63, 3.8) is 0 Å². The number of rotatable bonds is 5. The number of ketones is 1. The van der Waals surface area contributed by atoms with Crippen molar-refractivity contribution >= 4 is 17.4 Å². The molecule has 1 aromatic heterocycles. The van der Waals surface area contributed by atoms with Crippen molar-refractivity contribution < 1.29 is 4.79 Å². The van der Waals surface area contributed by atoms with Crippen LogP contribution in [0, 0.1) is 0 Å². The molecule has 4 heteroatoms. The third-order valence-electron chi connectivity index (χ3n) is 3.84. The fourth-order valence-electron chi connectivity index (χ4n) is 2.43. The largest absolute Gasteiger partial charge is 0.314 e. The molecule has 2 heterocycles. The van der Waals surface area contributed by atoms with Crippen molar-refractivity contribution in [3.05, 3.63) is 64.4 Å². The fourth-order valence-corrected chi connectivity index (χ4v) is 2.54. The summed E-state index contributed by atoms with van der Waals surface area (Å²) >= 11 is 5.72. The molecule has 0 bridgehead atoms. The van der Waals surface area contributed by atoms with Crippen molar-refractivity contribution in [2.24, 2.45) is 0 Å². The maximum atomic E-state index is 12.2. The van der Waals surface area contributed by atoms with E-state index < -0.39 is 0 Å². The smallest absolute Gasteiger partial charge is 0.168 e. The lowest BCUT2D eigenvalue weighted by atomic mass is 9.96. The van der Waals surface area contributed by atoms with E-state index in [1.165, 1.54) is 18.2 Å². The molecule has 1 N–H and O–H groups in total. The number of Topliss-reactive ketones (excluding diaryl/α,β-unsaturated/α-hetero) is 1. The highest BCUT2D eigenvalue weighted by Crippen LogP contribution is 2.14. The molecule has 21 heavy (non-hydrogen) atoms. The Bertz CT molecular complexity index is 618. The topological polar surface area (TPSA) is 42.0 Å². The zero-order valence-electron chi connectivity index (χ0n) is 11.7. The molecule has 1 saturated heterocycles. The van der Waals surface area contributed by atoms with Crippen LogP contribution >= 0.6 is 11.6 Å². The van der Waals surface area contributed by atoms with Gasteiger partial charge in [0.05, 0.1) is 0 Å². The van der Waals surface area contributed by atoms with Gasteiger partial charge in [0, 0.05) is 24.2 Å². The van der Waals surface area contributed by atoms with E-state index in [2.05, 4.69) is 22.4 Å². The summed E-state index contributed by atoms with van der Waals surface area (Å²) in [6.45, 7) is 1.13. The molecule has 1 atom stereocenters. The lowest BCUT2D eigenvalue weighted by Crippen LogP contribution is -2.44. The van der Waals surface area contributed by atoms with E-state index in [0.717, 1.165) is 18.5 Å². The van der Waals surface area contributed by atoms with Crippen LogP contribution in [0.3, 0.4) is 0 Å². The van der Waals surface area contributed by atoms with E-state index in [4.69, 9.17) is 11.6 Å². The summed E-state index contributed by atoms with van der Waals surface area (Å²) < 4.78 is 0. The standard InChI is InChI=1S/C17H17ClN2O/c18-17-6-5-14(11-20-17)16(21)10-13-3-1-12(2-4-13)9-15-7-8-19-15/h1-6,11,15,19H,7-10H2/t15-/m1/s1. The van der Waals surface area contributed by atoms with Crippen LogP contribution in [0.15, 0.2) is 42.6 Å². The van der Waals surface area contributed by atoms with Gasteiger partial charge in [-0.25, -0.2) is 4.98 Å². The first-order valence-corrected chi connectivity index (χ1v) is 7.54. The Morgan fingerprint density at radius 1 is 1.19 bits per heavy atom. The molecule has 0 amide bonds. The number of hydrogen-bond acceptors (Lipinski definition) is 3. The van der Waals surface area contributed by atoms with Crippen LogP contribution in [0.4, 0.5) is 0 Å². The van der Waals surface area contributed by atoms with E-state index in [1.54, 1.807) is 12.1 Å². The van der Waals surface area contributed by atoms with Gasteiger partial charge in [-0.05, 0) is 42.6 Å². The minimum absolute atomic E-state index is 0.0626. The summed E-state index contributed by atoms with van der Waals surface area (Å²) in [5.74, 6) is 0.0626. The molecule has 1 aliphatic rings. The summed E-state index contributed by atoms with van der Waals surface area (Å²) in [7, 11) is 0. The van der Waals surface area contributed by atoms with Gasteiger partial charge in [0.2, 0.25) is 0 Å². The summed E-state index contributed by atoms with van der Waals surface area (Å²) in [4.78, 5) is 16.1. The van der Waals surface area contributed by atoms with Gasteiger partial charge in [0.15, 0.2) is 5.78 Å². The highest BCUT2D eigenvalue weighted by Gasteiger charge is 2.16. The number of hydrogen-bond donors (Lipinski definition) is 1. The minimum atomic E-state index is 0.0626. The zero-order valence-corrected chi connectivity index (χ0v) is 12.4. The van der Waals surface area contributed by atoms with E-state index in [0.29, 0.717) is 23.2 Å². The number of halogens is 1. The molecular formula is C17H17ClN2O. The van der Waals surface area contributed by atoms with Crippen LogP contribution in [0.2, 0.25) is 5.15 Å². The molecule has 3 nitrogen and oxygen atoms in total. The molecule has 2 aromatic rings. The highest BCUT2D eigenvalue weighted by atomic mass is 35.5. The first-order chi connectivity index (χ1) is 10.2. The van der Waals surface area contributed by atoms with Gasteiger partial charge in [0.1, 0.15) is 5.15 Å². The molecule has 0 aliphatic carbocycles. The number of nitrogens with zero attached hydrogens (tertiary/aromatic N) is 1. The van der Waals surface area contributed by atoms with Crippen molar-refractivity contribution in [1.82, 2.24) is 10.3 Å². The number of carbonyl (C=O) groups is 1. The van der Waals surface area contributed by atoms with Gasteiger partial charge in [-0.3, -0.25) is 4.79 Å². The molecule has 0 saturated carbocycles. The van der Waals surface area contributed by atoms with Crippen molar-refractivity contribution in [3.8, 4) is 0 Å². The van der Waals surface area contributed by atoms with E-state index in [1.807, 2.05) is 12.1 Å². The first-order valence-electron chi connectivity index (χ1n) is 7.17. The number of carbonyl (C=O) groups excluding carboxylic acids is 1. The third-order valence-corrected chi connectivity index (χ3v) is 4.07. The lowest BCUT2D eigenvalue weighted by molar-refractivity contribution is 0.0992. The molecule has 0 radical (unpaired) electrons. The first kappa shape index (κ1) is 14.2. The molecule has 1 aromatic carbocycles. The van der Waals surface area contributed by atoms with E-state index in [-0.39, 0.29) is 5.78 Å². The average Bonchev–Trinajstić information content (AvgIpc) is 2.45. The molecular weight excluding hydrogens is 284 g/mol. The van der Waals surface area contributed by atoms with Gasteiger partial charge < -0.3 is 5.32 Å². The van der Waals surface area contributed by atoms with Gasteiger partial charge in [-0.2, -0.15) is 0 Å². The Hall–Kier alpha value is -1.71. The predicted molar refractivity (Wildman–Crippen MR) is 83.8 cm³/mol. The Morgan fingerprint density at radius 2 is 1.90 bits per heavy atom. The highest BCUT2D eigenvalue weighted by molar-refractivity contribution is 6.29. The SMILES string of the molecule is O=C(Cc1ccc(C[C@H]2CCN2)cc1)c1ccc(Cl)nc1. The Balaban J connectivity index is 1.61. The molecule has 0 spiro atoms. The van der Waals surface area contributed by atoms with Crippen LogP contribution in [0.25, 0.3) is 0 Å². The van der Waals surface area contributed by atoms with Gasteiger partial charge in [-0.1, -0.05) is 35.9 Å². The number of nitrogens with one attached hydrogen (secondary N) is 1. The van der Waals surface area contributed by atoms with Crippen molar-refractivity contribution in [2.45, 2.75) is 25.3 Å². The molecule has 0 unspecified atom stereocenters. The van der Waals surface area contributed by atoms with Crippen LogP contribution in [-0.4, -0.2) is 23.4 Å². The Labute approximate surface area is 129 Å². The van der Waals surface area contributed by atoms with Crippen molar-refractivity contribution in [1.29, 1.82) is 0 Å². The molecule has 1 aliphatic heterocycles. The molecule has 108 valence electrons. The summed E-state index contributed by atoms with van der Waals surface area (Å²) in [6, 6.07) is 12.3. The summed E-state index contributed by atoms with van der Waals surface area (Å²) in [5.41, 5.74) is 2.94. The normalized spacial score (nSPS) is 17.3. The van der Waals surface area contributed by atoms with Gasteiger partial charge >= 0.3 is 0 Å². The quantitative estimate of drug-likeness (QED) is 0.681. The molecule has 3 rings (SSSR count). The zero-order chi connectivity index (χ0) is 14.7. The second-order valence-electron chi connectivity index (χ2n) is 5.43. The third kappa shape index (κ3) is 3.69. The fraction of sp³-hybridized carbons (Fsp3) is 0.294. The summed E-state index contributed by atoms with van der Waals surface area (Å²) in [6.07, 6.45) is 4.24. The van der Waals surface area contributed by atoms with E-state index in [9.17, 15) is 4.79 Å². The van der Waals surface area contributed by atoms with Gasteiger partial charge in [-0.15, -0.1) is 0 Å². The Kier molecular flexibility index (Phi) is 4.32. The van der Waals surface area contributed by atoms with Crippen molar-refractivity contribution in [2.75, 3.05) is 6.54 Å². The Morgan fingerprint density at radius 3 is 2.48 bits per heavy atom. The predicted octanol–water partition coefficient (Wildman–Crippen LogP) is 3.06. The van der Waals surface area contributed by atoms with Crippen LogP contribution < -0.4 is 5.32 Å². The lowest BCUT2D eigenvalue weighted by Gasteiger charge is -2.27. The summed E-state index contributed by atoms with van der Waals surface area (Å²) in [5, 5.41) is 3.80.